The SMILES string of the molecule is COc1cc(C(=O)O)ccc1NC(=O)CCCOC(C)C. The lowest BCUT2D eigenvalue weighted by atomic mass is 10.2. The number of benzene rings is 1. The number of carbonyl (C=O) groups excluding carboxylic acids is 1. The van der Waals surface area contributed by atoms with E-state index in [-0.39, 0.29) is 17.6 Å². The molecule has 116 valence electrons. The first kappa shape index (κ1) is 17.0. The topological polar surface area (TPSA) is 84.9 Å². The minimum Gasteiger partial charge on any atom is -0.495 e. The van der Waals surface area contributed by atoms with Gasteiger partial charge in [-0.05, 0) is 38.5 Å². The Labute approximate surface area is 124 Å². The van der Waals surface area contributed by atoms with Crippen molar-refractivity contribution in [1.82, 2.24) is 0 Å². The largest absolute Gasteiger partial charge is 0.495 e. The fourth-order valence-corrected chi connectivity index (χ4v) is 1.69. The molecule has 0 unspecified atom stereocenters. The van der Waals surface area contributed by atoms with Crippen LogP contribution < -0.4 is 10.1 Å². The Balaban J connectivity index is 2.57. The zero-order chi connectivity index (χ0) is 15.8. The van der Waals surface area contributed by atoms with Crippen molar-refractivity contribution in [1.29, 1.82) is 0 Å². The third kappa shape index (κ3) is 5.83. The lowest BCUT2D eigenvalue weighted by Crippen LogP contribution is -2.14. The van der Waals surface area contributed by atoms with Gasteiger partial charge in [-0.2, -0.15) is 0 Å². The summed E-state index contributed by atoms with van der Waals surface area (Å²) in [6, 6.07) is 4.31. The summed E-state index contributed by atoms with van der Waals surface area (Å²) in [6.45, 7) is 4.41. The number of aromatic carboxylic acids is 1. The lowest BCUT2D eigenvalue weighted by Gasteiger charge is -2.11. The molecule has 0 fully saturated rings. The van der Waals surface area contributed by atoms with Crippen LogP contribution >= 0.6 is 0 Å². The molecule has 6 heteroatoms. The van der Waals surface area contributed by atoms with Gasteiger partial charge in [0, 0.05) is 13.0 Å². The number of ether oxygens (including phenoxy) is 2. The molecule has 6 nitrogen and oxygen atoms in total. The molecule has 0 heterocycles. The Morgan fingerprint density at radius 1 is 1.33 bits per heavy atom. The number of carbonyl (C=O) groups is 2. The van der Waals surface area contributed by atoms with Crippen LogP contribution in [0.15, 0.2) is 18.2 Å². The Morgan fingerprint density at radius 2 is 2.05 bits per heavy atom. The molecule has 0 aromatic heterocycles. The molecule has 2 N–H and O–H groups in total. The normalized spacial score (nSPS) is 10.5. The fourth-order valence-electron chi connectivity index (χ4n) is 1.69. The average molecular weight is 295 g/mol. The molecule has 0 saturated carbocycles. The van der Waals surface area contributed by atoms with Crippen LogP contribution in [0.5, 0.6) is 5.75 Å². The van der Waals surface area contributed by atoms with Gasteiger partial charge >= 0.3 is 5.97 Å². The number of rotatable bonds is 8. The van der Waals surface area contributed by atoms with Gasteiger partial charge in [-0.1, -0.05) is 0 Å². The minimum atomic E-state index is -1.04. The van der Waals surface area contributed by atoms with Gasteiger partial charge in [-0.3, -0.25) is 4.79 Å². The highest BCUT2D eigenvalue weighted by Crippen LogP contribution is 2.25. The Bertz CT molecular complexity index is 499. The molecule has 1 rings (SSSR count). The van der Waals surface area contributed by atoms with E-state index >= 15 is 0 Å². The minimum absolute atomic E-state index is 0.107. The van der Waals surface area contributed by atoms with E-state index in [4.69, 9.17) is 14.6 Å². The van der Waals surface area contributed by atoms with Gasteiger partial charge in [0.1, 0.15) is 5.75 Å². The van der Waals surface area contributed by atoms with E-state index in [2.05, 4.69) is 5.32 Å². The molecule has 0 bridgehead atoms. The summed E-state index contributed by atoms with van der Waals surface area (Å²) >= 11 is 0. The molecular formula is C15H21NO5. The van der Waals surface area contributed by atoms with Crippen molar-refractivity contribution >= 4 is 17.6 Å². The molecule has 0 aliphatic heterocycles. The summed E-state index contributed by atoms with van der Waals surface area (Å²) in [4.78, 5) is 22.7. The first-order valence-corrected chi connectivity index (χ1v) is 6.76. The number of carboxylic acids is 1. The highest BCUT2D eigenvalue weighted by molar-refractivity contribution is 5.94. The fraction of sp³-hybridized carbons (Fsp3) is 0.467. The standard InChI is InChI=1S/C15H21NO5/c1-10(2)21-8-4-5-14(17)16-12-7-6-11(15(18)19)9-13(12)20-3/h6-7,9-10H,4-5,8H2,1-3H3,(H,16,17)(H,18,19). The van der Waals surface area contributed by atoms with Crippen molar-refractivity contribution in [2.24, 2.45) is 0 Å². The zero-order valence-corrected chi connectivity index (χ0v) is 12.5. The summed E-state index contributed by atoms with van der Waals surface area (Å²) in [6.07, 6.45) is 1.10. The average Bonchev–Trinajstić information content (AvgIpc) is 2.43. The van der Waals surface area contributed by atoms with Crippen LogP contribution in [0.3, 0.4) is 0 Å². The van der Waals surface area contributed by atoms with E-state index in [0.717, 1.165) is 0 Å². The number of anilines is 1. The molecule has 0 aliphatic rings. The summed E-state index contributed by atoms with van der Waals surface area (Å²) in [7, 11) is 1.42. The number of nitrogens with one attached hydrogen (secondary N) is 1. The maximum absolute atomic E-state index is 11.8. The summed E-state index contributed by atoms with van der Waals surface area (Å²) in [5, 5.41) is 11.6. The molecule has 0 atom stereocenters. The number of amides is 1. The van der Waals surface area contributed by atoms with Gasteiger partial charge in [-0.15, -0.1) is 0 Å². The van der Waals surface area contributed by atoms with Crippen molar-refractivity contribution in [3.8, 4) is 5.75 Å². The van der Waals surface area contributed by atoms with E-state index in [0.29, 0.717) is 30.9 Å². The third-order valence-corrected chi connectivity index (χ3v) is 2.72. The van der Waals surface area contributed by atoms with Crippen LogP contribution in [0.25, 0.3) is 0 Å². The number of methoxy groups -OCH3 is 1. The molecule has 0 aliphatic carbocycles. The van der Waals surface area contributed by atoms with E-state index in [1.807, 2.05) is 13.8 Å². The first-order chi connectivity index (χ1) is 9.93. The van der Waals surface area contributed by atoms with E-state index in [1.54, 1.807) is 0 Å². The predicted octanol–water partition coefficient (Wildman–Crippen LogP) is 2.54. The highest BCUT2D eigenvalue weighted by Gasteiger charge is 2.11. The molecule has 0 radical (unpaired) electrons. The molecule has 1 amide bonds. The van der Waals surface area contributed by atoms with Gasteiger partial charge in [0.25, 0.3) is 0 Å². The van der Waals surface area contributed by atoms with Gasteiger partial charge in [0.2, 0.25) is 5.91 Å². The maximum Gasteiger partial charge on any atom is 0.335 e. The third-order valence-electron chi connectivity index (χ3n) is 2.72. The summed E-state index contributed by atoms with van der Waals surface area (Å²) in [5.41, 5.74) is 0.562. The van der Waals surface area contributed by atoms with Crippen molar-refractivity contribution in [2.75, 3.05) is 19.0 Å². The van der Waals surface area contributed by atoms with Crippen molar-refractivity contribution in [2.45, 2.75) is 32.8 Å². The number of hydrogen-bond donors (Lipinski definition) is 2. The predicted molar refractivity (Wildman–Crippen MR) is 78.9 cm³/mol. The van der Waals surface area contributed by atoms with Crippen LogP contribution in [0.1, 0.15) is 37.0 Å². The van der Waals surface area contributed by atoms with Gasteiger partial charge in [0.15, 0.2) is 0 Å². The maximum atomic E-state index is 11.8. The van der Waals surface area contributed by atoms with Crippen molar-refractivity contribution in [3.05, 3.63) is 23.8 Å². The van der Waals surface area contributed by atoms with E-state index in [9.17, 15) is 9.59 Å². The van der Waals surface area contributed by atoms with Crippen LogP contribution in [0.4, 0.5) is 5.69 Å². The smallest absolute Gasteiger partial charge is 0.335 e. The molecule has 21 heavy (non-hydrogen) atoms. The van der Waals surface area contributed by atoms with Gasteiger partial charge < -0.3 is 19.9 Å². The summed E-state index contributed by atoms with van der Waals surface area (Å²) in [5.74, 6) is -0.887. The second kappa shape index (κ2) is 8.26. The Morgan fingerprint density at radius 3 is 2.62 bits per heavy atom. The Kier molecular flexibility index (Phi) is 6.68. The highest BCUT2D eigenvalue weighted by atomic mass is 16.5. The zero-order valence-electron chi connectivity index (χ0n) is 12.5. The summed E-state index contributed by atoms with van der Waals surface area (Å²) < 4.78 is 10.5. The lowest BCUT2D eigenvalue weighted by molar-refractivity contribution is -0.116. The molecule has 0 spiro atoms. The Hall–Kier alpha value is -2.08. The first-order valence-electron chi connectivity index (χ1n) is 6.76. The van der Waals surface area contributed by atoms with Crippen LogP contribution in [-0.2, 0) is 9.53 Å². The molecular weight excluding hydrogens is 274 g/mol. The van der Waals surface area contributed by atoms with E-state index < -0.39 is 5.97 Å². The van der Waals surface area contributed by atoms with E-state index in [1.165, 1.54) is 25.3 Å². The van der Waals surface area contributed by atoms with Gasteiger partial charge in [0.05, 0.1) is 24.5 Å². The van der Waals surface area contributed by atoms with Crippen LogP contribution in [0.2, 0.25) is 0 Å². The number of carboxylic acid groups (broad SMARTS) is 1. The van der Waals surface area contributed by atoms with Crippen LogP contribution in [-0.4, -0.2) is 36.8 Å². The second-order valence-electron chi connectivity index (χ2n) is 4.79. The molecule has 0 saturated heterocycles. The molecule has 1 aromatic carbocycles. The van der Waals surface area contributed by atoms with Gasteiger partial charge in [-0.25, -0.2) is 4.79 Å². The molecule has 1 aromatic rings. The van der Waals surface area contributed by atoms with Crippen LogP contribution in [0, 0.1) is 0 Å². The monoisotopic (exact) mass is 295 g/mol. The quantitative estimate of drug-likeness (QED) is 0.720. The van der Waals surface area contributed by atoms with Crippen molar-refractivity contribution < 1.29 is 24.2 Å². The second-order valence-corrected chi connectivity index (χ2v) is 4.79. The van der Waals surface area contributed by atoms with Crippen molar-refractivity contribution in [3.63, 3.8) is 0 Å². The number of hydrogen-bond acceptors (Lipinski definition) is 4.